The number of aryl methyl sites for hydroxylation is 2. The highest BCUT2D eigenvalue weighted by Crippen LogP contribution is 2.31. The number of carboxylic acids is 1. The number of aromatic nitrogens is 7. The molecule has 1 aliphatic rings. The fourth-order valence-corrected chi connectivity index (χ4v) is 4.57. The lowest BCUT2D eigenvalue weighted by Gasteiger charge is -2.27. The molecule has 0 saturated heterocycles. The number of nitrogens with zero attached hydrogens (tertiary/aromatic N) is 7. The number of hydrogen-bond acceptors (Lipinski definition) is 7. The van der Waals surface area contributed by atoms with Crippen molar-refractivity contribution in [2.45, 2.75) is 45.3 Å². The fourth-order valence-electron chi connectivity index (χ4n) is 4.57. The summed E-state index contributed by atoms with van der Waals surface area (Å²) in [5.41, 5.74) is 3.50. The molecule has 3 aromatic heterocycles. The van der Waals surface area contributed by atoms with E-state index in [-0.39, 0.29) is 17.8 Å². The predicted octanol–water partition coefficient (Wildman–Crippen LogP) is 3.65. The van der Waals surface area contributed by atoms with Crippen molar-refractivity contribution in [2.24, 2.45) is 13.0 Å². The van der Waals surface area contributed by atoms with Gasteiger partial charge >= 0.3 is 5.97 Å². The summed E-state index contributed by atoms with van der Waals surface area (Å²) < 4.78 is 23.0. The van der Waals surface area contributed by atoms with E-state index in [1.54, 1.807) is 30.2 Å². The van der Waals surface area contributed by atoms with Gasteiger partial charge in [-0.2, -0.15) is 0 Å². The van der Waals surface area contributed by atoms with E-state index < -0.39 is 5.97 Å². The predicted molar refractivity (Wildman–Crippen MR) is 127 cm³/mol. The van der Waals surface area contributed by atoms with Gasteiger partial charge in [0.2, 0.25) is 0 Å². The minimum absolute atomic E-state index is 0.142. The van der Waals surface area contributed by atoms with Crippen LogP contribution in [-0.4, -0.2) is 51.9 Å². The topological polar surface area (TPSA) is 121 Å². The van der Waals surface area contributed by atoms with Crippen molar-refractivity contribution in [3.05, 3.63) is 59.9 Å². The van der Waals surface area contributed by atoms with Gasteiger partial charge in [0.1, 0.15) is 23.6 Å². The normalized spacial score (nSPS) is 17.8. The molecular formula is C25H26FN7O3. The largest absolute Gasteiger partial charge is 0.489 e. The zero-order valence-corrected chi connectivity index (χ0v) is 20.0. The lowest BCUT2D eigenvalue weighted by atomic mass is 9.87. The van der Waals surface area contributed by atoms with E-state index in [0.29, 0.717) is 48.0 Å². The number of halogens is 1. The molecule has 1 aromatic carbocycles. The Morgan fingerprint density at radius 3 is 2.72 bits per heavy atom. The average Bonchev–Trinajstić information content (AvgIpc) is 3.48. The number of rotatable bonds is 7. The molecule has 1 N–H and O–H groups in total. The number of benzene rings is 1. The number of carboxylic acid groups (broad SMARTS) is 1. The smallest absolute Gasteiger partial charge is 0.306 e. The maximum atomic E-state index is 13.4. The summed E-state index contributed by atoms with van der Waals surface area (Å²) in [6.07, 6.45) is 4.32. The average molecular weight is 492 g/mol. The van der Waals surface area contributed by atoms with Crippen molar-refractivity contribution in [3.63, 3.8) is 0 Å². The van der Waals surface area contributed by atoms with Crippen LogP contribution < -0.4 is 4.74 Å². The quantitative estimate of drug-likeness (QED) is 0.416. The van der Waals surface area contributed by atoms with Gasteiger partial charge in [-0.1, -0.05) is 5.21 Å². The number of aliphatic carboxylic acids is 1. The summed E-state index contributed by atoms with van der Waals surface area (Å²) in [4.78, 5) is 16.1. The van der Waals surface area contributed by atoms with Gasteiger partial charge in [-0.3, -0.25) is 4.79 Å². The van der Waals surface area contributed by atoms with Crippen molar-refractivity contribution in [1.82, 2.24) is 34.7 Å². The minimum atomic E-state index is -0.764. The first-order valence-corrected chi connectivity index (χ1v) is 11.8. The molecule has 0 spiro atoms. The summed E-state index contributed by atoms with van der Waals surface area (Å²) in [7, 11) is 1.81. The van der Waals surface area contributed by atoms with E-state index in [2.05, 4.69) is 20.5 Å². The first kappa shape index (κ1) is 23.6. The molecule has 11 heteroatoms. The number of pyridine rings is 1. The summed E-state index contributed by atoms with van der Waals surface area (Å²) in [6, 6.07) is 9.77. The molecule has 0 bridgehead atoms. The van der Waals surface area contributed by atoms with Gasteiger partial charge in [-0.15, -0.1) is 15.3 Å². The molecular weight excluding hydrogens is 465 g/mol. The second-order valence-electron chi connectivity index (χ2n) is 9.02. The molecule has 0 unspecified atom stereocenters. The molecule has 0 amide bonds. The molecule has 0 aliphatic heterocycles. The molecule has 36 heavy (non-hydrogen) atoms. The third-order valence-electron chi connectivity index (χ3n) is 6.53. The monoisotopic (exact) mass is 491 g/mol. The molecule has 0 radical (unpaired) electrons. The summed E-state index contributed by atoms with van der Waals surface area (Å²) in [5, 5.41) is 26.1. The zero-order valence-electron chi connectivity index (χ0n) is 20.0. The van der Waals surface area contributed by atoms with E-state index in [0.717, 1.165) is 24.1 Å². The highest BCUT2D eigenvalue weighted by atomic mass is 19.1. The fraction of sp³-hybridized carbons (Fsp3) is 0.360. The molecule has 1 fully saturated rings. The van der Waals surface area contributed by atoms with Gasteiger partial charge < -0.3 is 14.4 Å². The second kappa shape index (κ2) is 9.84. The lowest BCUT2D eigenvalue weighted by molar-refractivity contribution is -0.143. The maximum Gasteiger partial charge on any atom is 0.306 e. The number of carbonyl (C=O) groups is 1. The summed E-state index contributed by atoms with van der Waals surface area (Å²) in [6.45, 7) is 2.25. The van der Waals surface area contributed by atoms with Crippen LogP contribution in [0.5, 0.6) is 5.75 Å². The van der Waals surface area contributed by atoms with Crippen molar-refractivity contribution >= 4 is 5.97 Å². The van der Waals surface area contributed by atoms with Gasteiger partial charge in [0.15, 0.2) is 5.82 Å². The van der Waals surface area contributed by atoms with E-state index in [9.17, 15) is 14.3 Å². The van der Waals surface area contributed by atoms with Gasteiger partial charge in [0.25, 0.3) is 0 Å². The zero-order chi connectivity index (χ0) is 25.2. The van der Waals surface area contributed by atoms with E-state index in [1.807, 2.05) is 23.6 Å². The van der Waals surface area contributed by atoms with Crippen LogP contribution in [-0.2, 0) is 18.4 Å². The second-order valence-corrected chi connectivity index (χ2v) is 9.02. The Morgan fingerprint density at radius 1 is 1.17 bits per heavy atom. The standard InChI is InChI=1S/C25H26FN7O3/c1-15-22(36-19-5-3-4-17(12-19)25(34)35)11-10-20(28-15)23-21(32(2)31-29-23)13-33-14-27-30-24(33)16-6-8-18(26)9-7-16/h6-11,14,17,19H,3-5,12-13H2,1-2H3,(H,34,35)/t17-,19-/m0/s1. The van der Waals surface area contributed by atoms with Crippen molar-refractivity contribution in [3.8, 4) is 28.5 Å². The van der Waals surface area contributed by atoms with Crippen LogP contribution >= 0.6 is 0 Å². The maximum absolute atomic E-state index is 13.4. The van der Waals surface area contributed by atoms with Crippen LogP contribution in [0.1, 0.15) is 37.1 Å². The van der Waals surface area contributed by atoms with Gasteiger partial charge in [-0.05, 0) is 69.0 Å². The van der Waals surface area contributed by atoms with E-state index in [4.69, 9.17) is 9.72 Å². The molecule has 186 valence electrons. The molecule has 10 nitrogen and oxygen atoms in total. The Morgan fingerprint density at radius 2 is 1.97 bits per heavy atom. The third-order valence-corrected chi connectivity index (χ3v) is 6.53. The molecule has 1 saturated carbocycles. The Hall–Kier alpha value is -4.15. The third kappa shape index (κ3) is 4.81. The minimum Gasteiger partial charge on any atom is -0.489 e. The first-order valence-electron chi connectivity index (χ1n) is 11.8. The van der Waals surface area contributed by atoms with Crippen LogP contribution in [0.15, 0.2) is 42.7 Å². The first-order chi connectivity index (χ1) is 17.4. The van der Waals surface area contributed by atoms with Crippen LogP contribution in [0, 0.1) is 18.7 Å². The lowest BCUT2D eigenvalue weighted by Crippen LogP contribution is -2.29. The van der Waals surface area contributed by atoms with Crippen molar-refractivity contribution in [1.29, 1.82) is 0 Å². The Labute approximate surface area is 206 Å². The SMILES string of the molecule is Cc1nc(-c2nnn(C)c2Cn2cnnc2-c2ccc(F)cc2)ccc1O[C@H]1CCC[C@H](C(=O)O)C1. The Kier molecular flexibility index (Phi) is 6.45. The highest BCUT2D eigenvalue weighted by Gasteiger charge is 2.28. The van der Waals surface area contributed by atoms with Gasteiger partial charge in [0, 0.05) is 12.6 Å². The molecule has 4 aromatic rings. The molecule has 1 aliphatic carbocycles. The van der Waals surface area contributed by atoms with Crippen molar-refractivity contribution < 1.29 is 19.0 Å². The van der Waals surface area contributed by atoms with Gasteiger partial charge in [0.05, 0.1) is 35.6 Å². The van der Waals surface area contributed by atoms with Crippen LogP contribution in [0.4, 0.5) is 4.39 Å². The van der Waals surface area contributed by atoms with Crippen LogP contribution in [0.25, 0.3) is 22.8 Å². The van der Waals surface area contributed by atoms with E-state index >= 15 is 0 Å². The molecule has 3 heterocycles. The highest BCUT2D eigenvalue weighted by molar-refractivity contribution is 5.70. The summed E-state index contributed by atoms with van der Waals surface area (Å²) >= 11 is 0. The number of hydrogen-bond donors (Lipinski definition) is 1. The van der Waals surface area contributed by atoms with Crippen LogP contribution in [0.3, 0.4) is 0 Å². The van der Waals surface area contributed by atoms with Crippen molar-refractivity contribution in [2.75, 3.05) is 0 Å². The van der Waals surface area contributed by atoms with Gasteiger partial charge in [-0.25, -0.2) is 14.1 Å². The molecule has 5 rings (SSSR count). The van der Waals surface area contributed by atoms with E-state index in [1.165, 1.54) is 12.1 Å². The van der Waals surface area contributed by atoms with Crippen LogP contribution in [0.2, 0.25) is 0 Å². The Bertz CT molecular complexity index is 1380. The summed E-state index contributed by atoms with van der Waals surface area (Å²) in [5.74, 6) is -0.211. The Balaban J connectivity index is 1.37. The number of ether oxygens (including phenoxy) is 1. The molecule has 2 atom stereocenters.